The van der Waals surface area contributed by atoms with Crippen molar-refractivity contribution in [1.29, 1.82) is 0 Å². The van der Waals surface area contributed by atoms with Gasteiger partial charge in [0, 0.05) is 44.9 Å². The average molecular weight is 373 g/mol. The van der Waals surface area contributed by atoms with Gasteiger partial charge >= 0.3 is 5.69 Å². The summed E-state index contributed by atoms with van der Waals surface area (Å²) in [4.78, 5) is 38.1. The molecule has 0 atom stereocenters. The molecule has 0 saturated carbocycles. The lowest BCUT2D eigenvalue weighted by molar-refractivity contribution is -0.385. The molecular formula is C16H19N7O4. The normalized spacial score (nSPS) is 13.7. The van der Waals surface area contributed by atoms with Crippen LogP contribution in [0.4, 0.5) is 23.3 Å². The molecular weight excluding hydrogens is 354 g/mol. The number of nitrogens with two attached hydrogens (primary N) is 1. The Morgan fingerprint density at radius 1 is 1.33 bits per heavy atom. The molecule has 1 aromatic carbocycles. The summed E-state index contributed by atoms with van der Waals surface area (Å²) in [5.41, 5.74) is 6.02. The van der Waals surface area contributed by atoms with E-state index in [1.807, 2.05) is 0 Å². The zero-order chi connectivity index (χ0) is 19.6. The van der Waals surface area contributed by atoms with Crippen molar-refractivity contribution in [2.75, 3.05) is 36.2 Å². The zero-order valence-electron chi connectivity index (χ0n) is 15.0. The lowest BCUT2D eigenvalue weighted by Gasteiger charge is -2.17. The Morgan fingerprint density at radius 3 is 2.74 bits per heavy atom. The number of carbonyl (C=O) groups excluding carboxylic acids is 1. The third kappa shape index (κ3) is 4.02. The third-order valence-corrected chi connectivity index (χ3v) is 3.97. The number of carbonyl (C=O) groups is 1. The summed E-state index contributed by atoms with van der Waals surface area (Å²) >= 11 is 0. The van der Waals surface area contributed by atoms with Gasteiger partial charge in [0.25, 0.3) is 0 Å². The van der Waals surface area contributed by atoms with Crippen LogP contribution in [-0.4, -0.2) is 46.4 Å². The summed E-state index contributed by atoms with van der Waals surface area (Å²) in [6, 6.07) is 4.35. The Balaban J connectivity index is 1.86. The largest absolute Gasteiger partial charge is 0.479 e. The van der Waals surface area contributed by atoms with Crippen molar-refractivity contribution in [2.45, 2.75) is 19.4 Å². The van der Waals surface area contributed by atoms with Crippen molar-refractivity contribution < 1.29 is 14.5 Å². The molecule has 0 unspecified atom stereocenters. The first-order valence-electron chi connectivity index (χ1n) is 8.24. The van der Waals surface area contributed by atoms with Crippen LogP contribution in [0, 0.1) is 10.1 Å². The predicted molar refractivity (Wildman–Crippen MR) is 97.6 cm³/mol. The SMILES string of the molecule is CN(C)c1nc(N)nc(COc2cc(N3CCCC3=O)ccc2[N+](=O)[O-])n1. The monoisotopic (exact) mass is 373 g/mol. The van der Waals surface area contributed by atoms with Crippen LogP contribution in [0.3, 0.4) is 0 Å². The topological polar surface area (TPSA) is 141 Å². The van der Waals surface area contributed by atoms with Crippen LogP contribution in [0.15, 0.2) is 18.2 Å². The van der Waals surface area contributed by atoms with Gasteiger partial charge in [-0.25, -0.2) is 0 Å². The van der Waals surface area contributed by atoms with Crippen LogP contribution in [-0.2, 0) is 11.4 Å². The van der Waals surface area contributed by atoms with Gasteiger partial charge in [0.05, 0.1) is 4.92 Å². The molecule has 1 aliphatic rings. The van der Waals surface area contributed by atoms with Crippen LogP contribution in [0.25, 0.3) is 0 Å². The Labute approximate surface area is 154 Å². The number of hydrogen-bond acceptors (Lipinski definition) is 9. The lowest BCUT2D eigenvalue weighted by atomic mass is 10.2. The van der Waals surface area contributed by atoms with Gasteiger partial charge in [0.1, 0.15) is 6.61 Å². The van der Waals surface area contributed by atoms with E-state index in [-0.39, 0.29) is 35.7 Å². The summed E-state index contributed by atoms with van der Waals surface area (Å²) in [5, 5.41) is 11.3. The maximum atomic E-state index is 11.9. The number of rotatable bonds is 6. The minimum Gasteiger partial charge on any atom is -0.479 e. The highest BCUT2D eigenvalue weighted by atomic mass is 16.6. The van der Waals surface area contributed by atoms with Crippen molar-refractivity contribution >= 4 is 29.2 Å². The molecule has 1 aliphatic heterocycles. The summed E-state index contributed by atoms with van der Waals surface area (Å²) in [5.74, 6) is 0.631. The molecule has 11 heteroatoms. The van der Waals surface area contributed by atoms with Crippen molar-refractivity contribution in [2.24, 2.45) is 0 Å². The number of amides is 1. The molecule has 3 rings (SSSR count). The highest BCUT2D eigenvalue weighted by molar-refractivity contribution is 5.95. The second kappa shape index (κ2) is 7.40. The highest BCUT2D eigenvalue weighted by Crippen LogP contribution is 2.33. The molecule has 11 nitrogen and oxygen atoms in total. The van der Waals surface area contributed by atoms with E-state index in [9.17, 15) is 14.9 Å². The maximum absolute atomic E-state index is 11.9. The summed E-state index contributed by atoms with van der Waals surface area (Å²) in [6.07, 6.45) is 1.22. The van der Waals surface area contributed by atoms with Crippen LogP contribution in [0.1, 0.15) is 18.7 Å². The number of nitrogens with zero attached hydrogens (tertiary/aromatic N) is 6. The summed E-state index contributed by atoms with van der Waals surface area (Å²) in [7, 11) is 3.50. The van der Waals surface area contributed by atoms with Gasteiger partial charge < -0.3 is 20.3 Å². The molecule has 1 saturated heterocycles. The Bertz CT molecular complexity index is 887. The molecule has 0 radical (unpaired) electrons. The number of nitro groups is 1. The van der Waals surface area contributed by atoms with Gasteiger partial charge in [0.15, 0.2) is 11.6 Å². The lowest BCUT2D eigenvalue weighted by Crippen LogP contribution is -2.23. The van der Waals surface area contributed by atoms with E-state index < -0.39 is 4.92 Å². The fourth-order valence-corrected chi connectivity index (χ4v) is 2.69. The first kappa shape index (κ1) is 18.3. The summed E-state index contributed by atoms with van der Waals surface area (Å²) < 4.78 is 5.60. The first-order chi connectivity index (χ1) is 12.8. The smallest absolute Gasteiger partial charge is 0.311 e. The molecule has 1 fully saturated rings. The van der Waals surface area contributed by atoms with Gasteiger partial charge in [0.2, 0.25) is 17.8 Å². The van der Waals surface area contributed by atoms with E-state index in [2.05, 4.69) is 15.0 Å². The number of aromatic nitrogens is 3. The molecule has 142 valence electrons. The van der Waals surface area contributed by atoms with Crippen molar-refractivity contribution in [3.8, 4) is 5.75 Å². The van der Waals surface area contributed by atoms with Gasteiger partial charge in [-0.1, -0.05) is 0 Å². The number of nitro benzene ring substituents is 1. The average Bonchev–Trinajstić information content (AvgIpc) is 3.05. The number of ether oxygens (including phenoxy) is 1. The standard InChI is InChI=1S/C16H19N7O4/c1-21(2)16-19-13(18-15(17)20-16)9-27-12-8-10(5-6-11(12)23(25)26)22-7-3-4-14(22)24/h5-6,8H,3-4,7,9H2,1-2H3,(H2,17,18,19,20). The van der Waals surface area contributed by atoms with E-state index >= 15 is 0 Å². The van der Waals surface area contributed by atoms with Crippen LogP contribution < -0.4 is 20.3 Å². The van der Waals surface area contributed by atoms with Crippen molar-refractivity contribution in [1.82, 2.24) is 15.0 Å². The molecule has 2 heterocycles. The molecule has 0 bridgehead atoms. The molecule has 2 N–H and O–H groups in total. The van der Waals surface area contributed by atoms with E-state index in [0.29, 0.717) is 24.6 Å². The zero-order valence-corrected chi connectivity index (χ0v) is 15.0. The predicted octanol–water partition coefficient (Wildman–Crippen LogP) is 1.13. The van der Waals surface area contributed by atoms with Gasteiger partial charge in [-0.15, -0.1) is 0 Å². The maximum Gasteiger partial charge on any atom is 0.311 e. The molecule has 1 aromatic heterocycles. The van der Waals surface area contributed by atoms with Crippen molar-refractivity contribution in [3.05, 3.63) is 34.1 Å². The fourth-order valence-electron chi connectivity index (χ4n) is 2.69. The van der Waals surface area contributed by atoms with E-state index in [1.54, 1.807) is 30.0 Å². The number of benzene rings is 1. The van der Waals surface area contributed by atoms with Crippen LogP contribution in [0.5, 0.6) is 5.75 Å². The molecule has 0 spiro atoms. The Morgan fingerprint density at radius 2 is 2.11 bits per heavy atom. The van der Waals surface area contributed by atoms with Crippen LogP contribution >= 0.6 is 0 Å². The highest BCUT2D eigenvalue weighted by Gasteiger charge is 2.25. The molecule has 27 heavy (non-hydrogen) atoms. The van der Waals surface area contributed by atoms with Crippen molar-refractivity contribution in [3.63, 3.8) is 0 Å². The minimum atomic E-state index is -0.544. The summed E-state index contributed by atoms with van der Waals surface area (Å²) in [6.45, 7) is 0.443. The van der Waals surface area contributed by atoms with E-state index in [1.165, 1.54) is 12.1 Å². The van der Waals surface area contributed by atoms with Gasteiger partial charge in [-0.2, -0.15) is 15.0 Å². The second-order valence-corrected chi connectivity index (χ2v) is 6.15. The molecule has 1 amide bonds. The van der Waals surface area contributed by atoms with Gasteiger partial charge in [-0.3, -0.25) is 14.9 Å². The van der Waals surface area contributed by atoms with E-state index in [4.69, 9.17) is 10.5 Å². The quantitative estimate of drug-likeness (QED) is 0.582. The Hall–Kier alpha value is -3.50. The van der Waals surface area contributed by atoms with Crippen LogP contribution in [0.2, 0.25) is 0 Å². The van der Waals surface area contributed by atoms with E-state index in [0.717, 1.165) is 6.42 Å². The molecule has 2 aromatic rings. The van der Waals surface area contributed by atoms with Gasteiger partial charge in [-0.05, 0) is 12.5 Å². The fraction of sp³-hybridized carbons (Fsp3) is 0.375. The first-order valence-corrected chi connectivity index (χ1v) is 8.24. The number of anilines is 3. The minimum absolute atomic E-state index is 0.0179. The molecule has 0 aliphatic carbocycles. The Kier molecular flexibility index (Phi) is 5.01. The second-order valence-electron chi connectivity index (χ2n) is 6.15. The number of nitrogen functional groups attached to an aromatic ring is 1. The number of hydrogen-bond donors (Lipinski definition) is 1. The third-order valence-electron chi connectivity index (χ3n) is 3.97.